The van der Waals surface area contributed by atoms with Gasteiger partial charge in [0.1, 0.15) is 18.0 Å². The third-order valence-electron chi connectivity index (χ3n) is 6.54. The van der Waals surface area contributed by atoms with Crippen LogP contribution in [0.25, 0.3) is 0 Å². The smallest absolute Gasteiger partial charge is 0.303 e. The predicted molar refractivity (Wildman–Crippen MR) is 138 cm³/mol. The maximum absolute atomic E-state index is 13.1. The maximum atomic E-state index is 13.1. The van der Waals surface area contributed by atoms with Crippen LogP contribution >= 0.6 is 0 Å². The number of amides is 3. The van der Waals surface area contributed by atoms with E-state index >= 15 is 0 Å². The number of likely N-dealkylation sites (N-methyl/N-ethyl adjacent to an activating group) is 1. The van der Waals surface area contributed by atoms with E-state index in [1.165, 1.54) is 27.1 Å². The number of aliphatic carboxylic acids is 1. The van der Waals surface area contributed by atoms with Gasteiger partial charge in [-0.05, 0) is 43.1 Å². The van der Waals surface area contributed by atoms with E-state index in [-0.39, 0.29) is 43.6 Å². The number of carboxylic acid groups (broad SMARTS) is 1. The lowest BCUT2D eigenvalue weighted by molar-refractivity contribution is -0.197. The van der Waals surface area contributed by atoms with Crippen LogP contribution in [0, 0.1) is 5.82 Å². The van der Waals surface area contributed by atoms with Gasteiger partial charge in [0.05, 0.1) is 13.1 Å². The summed E-state index contributed by atoms with van der Waals surface area (Å²) in [4.78, 5) is 51.4. The Balaban J connectivity index is 0.000000336. The number of rotatable bonds is 9. The number of nitrogens with zero attached hydrogens (tertiary/aromatic N) is 4. The van der Waals surface area contributed by atoms with Gasteiger partial charge in [-0.2, -0.15) is 0 Å². The Morgan fingerprint density at radius 3 is 2.39 bits per heavy atom. The fourth-order valence-corrected chi connectivity index (χ4v) is 4.64. The monoisotopic (exact) mass is 527 g/mol. The molecule has 2 aliphatic heterocycles. The second kappa shape index (κ2) is 13.6. The largest absolute Gasteiger partial charge is 0.481 e. The van der Waals surface area contributed by atoms with E-state index in [1.807, 2.05) is 37.4 Å². The molecule has 0 radical (unpaired) electrons. The van der Waals surface area contributed by atoms with Crippen LogP contribution in [0.4, 0.5) is 4.39 Å². The number of carboxylic acids is 1. The van der Waals surface area contributed by atoms with Crippen LogP contribution in [0.5, 0.6) is 0 Å². The first kappa shape index (κ1) is 28.7. The van der Waals surface area contributed by atoms with Crippen LogP contribution in [-0.2, 0) is 32.1 Å². The van der Waals surface area contributed by atoms with Gasteiger partial charge in [-0.3, -0.25) is 24.2 Å². The van der Waals surface area contributed by atoms with Crippen molar-refractivity contribution < 1.29 is 28.7 Å². The Kier molecular flexibility index (Phi) is 10.3. The molecule has 2 aromatic carbocycles. The van der Waals surface area contributed by atoms with Gasteiger partial charge in [0, 0.05) is 26.6 Å². The lowest BCUT2D eigenvalue weighted by Gasteiger charge is -2.53. The summed E-state index contributed by atoms with van der Waals surface area (Å²) < 4.78 is 12.3. The fourth-order valence-electron chi connectivity index (χ4n) is 4.64. The van der Waals surface area contributed by atoms with Crippen molar-refractivity contribution in [1.82, 2.24) is 25.1 Å². The number of hydrogen-bond donors (Lipinski definition) is 2. The average Bonchev–Trinajstić information content (AvgIpc) is 2.90. The van der Waals surface area contributed by atoms with Crippen LogP contribution in [0.15, 0.2) is 54.6 Å². The lowest BCUT2D eigenvalue weighted by Crippen LogP contribution is -2.74. The zero-order chi connectivity index (χ0) is 27.7. The van der Waals surface area contributed by atoms with Crippen LogP contribution < -0.4 is 5.32 Å². The molecule has 2 saturated heterocycles. The topological polar surface area (TPSA) is 114 Å². The summed E-state index contributed by atoms with van der Waals surface area (Å²) in [5.41, 5.74) is 2.17. The molecule has 0 bridgehead atoms. The molecule has 0 aliphatic carbocycles. The molecule has 2 atom stereocenters. The maximum Gasteiger partial charge on any atom is 0.303 e. The number of nitrogens with one attached hydrogen (secondary N) is 1. The highest BCUT2D eigenvalue weighted by Gasteiger charge is 2.48. The first-order valence-electron chi connectivity index (χ1n) is 12.4. The number of piperazine rings is 1. The number of fused-ring (bicyclic) bond motifs is 1. The Bertz CT molecular complexity index is 1100. The summed E-state index contributed by atoms with van der Waals surface area (Å²) >= 11 is 0. The molecule has 2 N–H and O–H groups in total. The zero-order valence-corrected chi connectivity index (χ0v) is 21.6. The van der Waals surface area contributed by atoms with Crippen LogP contribution in [0.1, 0.15) is 24.0 Å². The Morgan fingerprint density at radius 2 is 1.79 bits per heavy atom. The highest BCUT2D eigenvalue weighted by Crippen LogP contribution is 2.27. The summed E-state index contributed by atoms with van der Waals surface area (Å²) in [6, 6.07) is 15.3. The van der Waals surface area contributed by atoms with E-state index in [2.05, 4.69) is 5.32 Å². The molecule has 38 heavy (non-hydrogen) atoms. The molecule has 1 unspecified atom stereocenters. The van der Waals surface area contributed by atoms with Gasteiger partial charge in [-0.25, -0.2) is 9.40 Å². The van der Waals surface area contributed by atoms with E-state index in [9.17, 15) is 23.6 Å². The van der Waals surface area contributed by atoms with Crippen molar-refractivity contribution in [3.05, 3.63) is 71.5 Å². The van der Waals surface area contributed by atoms with Crippen molar-refractivity contribution in [2.45, 2.75) is 38.0 Å². The summed E-state index contributed by atoms with van der Waals surface area (Å²) in [5, 5.41) is 15.0. The van der Waals surface area contributed by atoms with Crippen LogP contribution in [-0.4, -0.2) is 95.1 Å². The minimum atomic E-state index is -1.03. The number of halogens is 1. The van der Waals surface area contributed by atoms with E-state index in [1.54, 1.807) is 24.1 Å². The van der Waals surface area contributed by atoms with Crippen LogP contribution in [0.3, 0.4) is 0 Å². The molecule has 0 saturated carbocycles. The second-order valence-corrected chi connectivity index (χ2v) is 9.21. The molecule has 10 nitrogen and oxygen atoms in total. The normalized spacial score (nSPS) is 19.5. The van der Waals surface area contributed by atoms with Crippen LogP contribution in [0.2, 0.25) is 0 Å². The van der Waals surface area contributed by atoms with Crippen molar-refractivity contribution in [3.8, 4) is 0 Å². The number of hydrazine groups is 1. The number of carbonyl (C=O) groups excluding carboxylic acids is 3. The highest BCUT2D eigenvalue weighted by molar-refractivity contribution is 5.91. The molecule has 4 rings (SSSR count). The van der Waals surface area contributed by atoms with E-state index < -0.39 is 18.2 Å². The van der Waals surface area contributed by atoms with Crippen molar-refractivity contribution in [3.63, 3.8) is 0 Å². The first-order chi connectivity index (χ1) is 18.2. The van der Waals surface area contributed by atoms with E-state index in [4.69, 9.17) is 5.11 Å². The number of hydrogen-bond acceptors (Lipinski definition) is 6. The van der Waals surface area contributed by atoms with E-state index in [0.717, 1.165) is 17.7 Å². The van der Waals surface area contributed by atoms with Gasteiger partial charge in [-0.15, -0.1) is 0 Å². The minimum Gasteiger partial charge on any atom is -0.481 e. The zero-order valence-electron chi connectivity index (χ0n) is 21.6. The number of carbonyl (C=O) groups is 4. The van der Waals surface area contributed by atoms with Gasteiger partial charge >= 0.3 is 5.97 Å². The third-order valence-corrected chi connectivity index (χ3v) is 6.54. The quantitative estimate of drug-likeness (QED) is 0.473. The molecule has 2 aromatic rings. The van der Waals surface area contributed by atoms with Crippen molar-refractivity contribution >= 4 is 24.2 Å². The molecule has 0 aromatic heterocycles. The molecule has 2 heterocycles. The SMILES string of the molecule is CN1CC(=O)N2C(CCC(=O)O)C(=O)N(CCc3ccccc3)C[C@@H]2N1C=O.CNCc1ccc(F)cc1. The van der Waals surface area contributed by atoms with Gasteiger partial charge in [0.15, 0.2) is 0 Å². The Morgan fingerprint density at radius 1 is 1.11 bits per heavy atom. The fraction of sp³-hybridized carbons (Fsp3) is 0.407. The minimum absolute atomic E-state index is 0.0225. The number of benzene rings is 2. The summed E-state index contributed by atoms with van der Waals surface area (Å²) in [6.07, 6.45) is 0.445. The second-order valence-electron chi connectivity index (χ2n) is 9.21. The molecule has 11 heteroatoms. The predicted octanol–water partition coefficient (Wildman–Crippen LogP) is 1.32. The third kappa shape index (κ3) is 7.36. The first-order valence-corrected chi connectivity index (χ1v) is 12.4. The Hall–Kier alpha value is -3.83. The van der Waals surface area contributed by atoms with Crippen molar-refractivity contribution in [2.75, 3.05) is 33.7 Å². The molecule has 2 fully saturated rings. The summed E-state index contributed by atoms with van der Waals surface area (Å²) in [7, 11) is 3.50. The molecule has 3 amide bonds. The van der Waals surface area contributed by atoms with Crippen molar-refractivity contribution in [1.29, 1.82) is 0 Å². The van der Waals surface area contributed by atoms with Gasteiger partial charge in [0.2, 0.25) is 18.2 Å². The molecule has 204 valence electrons. The average molecular weight is 528 g/mol. The van der Waals surface area contributed by atoms with E-state index in [0.29, 0.717) is 19.4 Å². The Labute approximate surface area is 221 Å². The summed E-state index contributed by atoms with van der Waals surface area (Å²) in [5.74, 6) is -1.76. The van der Waals surface area contributed by atoms with Gasteiger partial charge < -0.3 is 20.2 Å². The van der Waals surface area contributed by atoms with Crippen molar-refractivity contribution in [2.24, 2.45) is 0 Å². The lowest BCUT2D eigenvalue weighted by atomic mass is 10.0. The molecule has 2 aliphatic rings. The highest BCUT2D eigenvalue weighted by atomic mass is 19.1. The molecular formula is C27H34FN5O5. The van der Waals surface area contributed by atoms with Gasteiger partial charge in [-0.1, -0.05) is 42.5 Å². The molecular weight excluding hydrogens is 493 g/mol. The molecule has 0 spiro atoms. The summed E-state index contributed by atoms with van der Waals surface area (Å²) in [6.45, 7) is 1.39. The standard InChI is InChI=1S/C19H24N4O5.C8H10FN/c1-20-12-17(25)23-15(7-8-18(26)27)19(28)21(11-16(23)22(20)13-24)10-9-14-5-3-2-4-6-14;1-10-6-7-2-4-8(9)5-3-7/h2-6,13,15-16H,7-12H2,1H3,(H,26,27);2-5,10H,6H2,1H3/t15?,16-;/m1./s1. The van der Waals surface area contributed by atoms with Gasteiger partial charge in [0.25, 0.3) is 0 Å².